The van der Waals surface area contributed by atoms with E-state index in [2.05, 4.69) is 51.0 Å². The molecule has 0 bridgehead atoms. The highest BCUT2D eigenvalue weighted by molar-refractivity contribution is 5.92. The number of fused-ring (bicyclic) bond motifs is 1. The van der Waals surface area contributed by atoms with Gasteiger partial charge in [0.2, 0.25) is 0 Å². The second-order valence-electron chi connectivity index (χ2n) is 7.25. The Bertz CT molecular complexity index is 1000. The summed E-state index contributed by atoms with van der Waals surface area (Å²) >= 11 is 0. The monoisotopic (exact) mass is 390 g/mol. The smallest absolute Gasteiger partial charge is 0.339 e. The van der Waals surface area contributed by atoms with Gasteiger partial charge in [0.1, 0.15) is 5.82 Å². The third-order valence-electron chi connectivity index (χ3n) is 5.24. The average molecular weight is 390 g/mol. The van der Waals surface area contributed by atoms with Crippen molar-refractivity contribution in [2.75, 3.05) is 42.6 Å². The molecule has 1 aliphatic heterocycles. The molecule has 0 aliphatic carbocycles. The normalized spacial score (nSPS) is 14.7. The Kier molecular flexibility index (Phi) is 5.60. The molecule has 6 heteroatoms. The van der Waals surface area contributed by atoms with Gasteiger partial charge in [0.05, 0.1) is 17.7 Å². The number of carbonyl (C=O) groups excluding carboxylic acids is 1. The van der Waals surface area contributed by atoms with Gasteiger partial charge >= 0.3 is 5.97 Å². The average Bonchev–Trinajstić information content (AvgIpc) is 2.99. The molecular formula is C23H26N4O2. The van der Waals surface area contributed by atoms with Crippen molar-refractivity contribution in [1.82, 2.24) is 9.97 Å². The molecule has 1 saturated heterocycles. The maximum absolute atomic E-state index is 11.8. The molecule has 0 N–H and O–H groups in total. The summed E-state index contributed by atoms with van der Waals surface area (Å²) in [6.45, 7) is 7.93. The van der Waals surface area contributed by atoms with Crippen LogP contribution in [0.2, 0.25) is 0 Å². The maximum Gasteiger partial charge on any atom is 0.339 e. The maximum atomic E-state index is 11.8. The summed E-state index contributed by atoms with van der Waals surface area (Å²) in [6, 6.07) is 14.2. The first-order chi connectivity index (χ1) is 14.2. The van der Waals surface area contributed by atoms with Crippen molar-refractivity contribution in [3.63, 3.8) is 0 Å². The van der Waals surface area contributed by atoms with Crippen LogP contribution in [0.3, 0.4) is 0 Å². The SMILES string of the molecule is CCOC(=O)c1ccc(N2CCCN(c3cc(C)nc4ccccc34)CC2)nc1. The molecule has 29 heavy (non-hydrogen) atoms. The van der Waals surface area contributed by atoms with Crippen LogP contribution in [0.5, 0.6) is 0 Å². The number of aromatic nitrogens is 2. The minimum Gasteiger partial charge on any atom is -0.462 e. The van der Waals surface area contributed by atoms with Crippen molar-refractivity contribution in [3.8, 4) is 0 Å². The van der Waals surface area contributed by atoms with Crippen LogP contribution in [0, 0.1) is 6.92 Å². The molecule has 0 amide bonds. The van der Waals surface area contributed by atoms with Crippen molar-refractivity contribution in [2.24, 2.45) is 0 Å². The van der Waals surface area contributed by atoms with Crippen LogP contribution in [0.4, 0.5) is 11.5 Å². The lowest BCUT2D eigenvalue weighted by atomic mass is 10.1. The van der Waals surface area contributed by atoms with E-state index in [1.165, 1.54) is 11.1 Å². The number of pyridine rings is 2. The Balaban J connectivity index is 1.51. The fourth-order valence-electron chi connectivity index (χ4n) is 3.84. The first-order valence-corrected chi connectivity index (χ1v) is 10.1. The van der Waals surface area contributed by atoms with E-state index in [-0.39, 0.29) is 5.97 Å². The van der Waals surface area contributed by atoms with Gasteiger partial charge in [-0.15, -0.1) is 0 Å². The van der Waals surface area contributed by atoms with E-state index in [1.54, 1.807) is 19.2 Å². The van der Waals surface area contributed by atoms with Crippen LogP contribution in [0.25, 0.3) is 10.9 Å². The van der Waals surface area contributed by atoms with E-state index in [1.807, 2.05) is 12.1 Å². The van der Waals surface area contributed by atoms with Crippen LogP contribution in [0.1, 0.15) is 29.4 Å². The summed E-state index contributed by atoms with van der Waals surface area (Å²) < 4.78 is 5.04. The molecule has 150 valence electrons. The highest BCUT2D eigenvalue weighted by Gasteiger charge is 2.19. The third kappa shape index (κ3) is 4.16. The Morgan fingerprint density at radius 1 is 1.07 bits per heavy atom. The molecule has 6 nitrogen and oxygen atoms in total. The molecule has 1 fully saturated rings. The fourth-order valence-corrected chi connectivity index (χ4v) is 3.84. The van der Waals surface area contributed by atoms with Crippen LogP contribution in [0.15, 0.2) is 48.7 Å². The molecule has 0 unspecified atom stereocenters. The minimum absolute atomic E-state index is 0.325. The zero-order chi connectivity index (χ0) is 20.2. The Morgan fingerprint density at radius 3 is 2.66 bits per heavy atom. The third-order valence-corrected chi connectivity index (χ3v) is 5.24. The summed E-state index contributed by atoms with van der Waals surface area (Å²) in [5.74, 6) is 0.573. The number of anilines is 2. The van der Waals surface area contributed by atoms with Crippen LogP contribution < -0.4 is 9.80 Å². The first-order valence-electron chi connectivity index (χ1n) is 10.1. The zero-order valence-electron chi connectivity index (χ0n) is 17.0. The number of carbonyl (C=O) groups is 1. The first kappa shape index (κ1) is 19.2. The van der Waals surface area contributed by atoms with Gasteiger partial charge in [-0.05, 0) is 44.5 Å². The number of para-hydroxylation sites is 1. The van der Waals surface area contributed by atoms with E-state index in [0.717, 1.165) is 49.6 Å². The lowest BCUT2D eigenvalue weighted by molar-refractivity contribution is 0.0526. The zero-order valence-corrected chi connectivity index (χ0v) is 17.0. The number of esters is 1. The van der Waals surface area contributed by atoms with E-state index in [0.29, 0.717) is 12.2 Å². The van der Waals surface area contributed by atoms with Gasteiger partial charge in [-0.2, -0.15) is 0 Å². The molecule has 1 aromatic carbocycles. The molecule has 4 rings (SSSR count). The van der Waals surface area contributed by atoms with Gasteiger partial charge in [0.25, 0.3) is 0 Å². The van der Waals surface area contributed by atoms with Gasteiger partial charge in [0.15, 0.2) is 0 Å². The molecule has 0 saturated carbocycles. The number of nitrogens with zero attached hydrogens (tertiary/aromatic N) is 4. The van der Waals surface area contributed by atoms with Gasteiger partial charge in [0, 0.05) is 49.1 Å². The molecule has 3 aromatic rings. The lowest BCUT2D eigenvalue weighted by Crippen LogP contribution is -2.31. The molecular weight excluding hydrogens is 364 g/mol. The van der Waals surface area contributed by atoms with Crippen LogP contribution >= 0.6 is 0 Å². The quantitative estimate of drug-likeness (QED) is 0.631. The largest absolute Gasteiger partial charge is 0.462 e. The van der Waals surface area contributed by atoms with Crippen molar-refractivity contribution in [2.45, 2.75) is 20.3 Å². The number of hydrogen-bond acceptors (Lipinski definition) is 6. The van der Waals surface area contributed by atoms with Crippen molar-refractivity contribution in [3.05, 3.63) is 59.9 Å². The van der Waals surface area contributed by atoms with Crippen LogP contribution in [-0.2, 0) is 4.74 Å². The Morgan fingerprint density at radius 2 is 1.86 bits per heavy atom. The standard InChI is InChI=1S/C23H26N4O2/c1-3-29-23(28)18-9-10-22(24-16-18)27-12-6-11-26(13-14-27)21-15-17(2)25-20-8-5-4-7-19(20)21/h4-5,7-10,15-16H,3,6,11-14H2,1-2H3. The second kappa shape index (κ2) is 8.47. The number of aryl methyl sites for hydroxylation is 1. The summed E-state index contributed by atoms with van der Waals surface area (Å²) in [7, 11) is 0. The van der Waals surface area contributed by atoms with E-state index in [4.69, 9.17) is 4.74 Å². The van der Waals surface area contributed by atoms with Crippen molar-refractivity contribution < 1.29 is 9.53 Å². The number of hydrogen-bond donors (Lipinski definition) is 0. The summed E-state index contributed by atoms with van der Waals surface area (Å²) in [6.07, 6.45) is 2.65. The molecule has 3 heterocycles. The van der Waals surface area contributed by atoms with Crippen molar-refractivity contribution >= 4 is 28.4 Å². The molecule has 2 aromatic heterocycles. The molecule has 0 atom stereocenters. The van der Waals surface area contributed by atoms with Crippen molar-refractivity contribution in [1.29, 1.82) is 0 Å². The van der Waals surface area contributed by atoms with E-state index >= 15 is 0 Å². The fraction of sp³-hybridized carbons (Fsp3) is 0.348. The van der Waals surface area contributed by atoms with E-state index < -0.39 is 0 Å². The number of rotatable bonds is 4. The Hall–Kier alpha value is -3.15. The van der Waals surface area contributed by atoms with Gasteiger partial charge < -0.3 is 14.5 Å². The highest BCUT2D eigenvalue weighted by Crippen LogP contribution is 2.28. The minimum atomic E-state index is -0.325. The number of ether oxygens (including phenoxy) is 1. The second-order valence-corrected chi connectivity index (χ2v) is 7.25. The van der Waals surface area contributed by atoms with Gasteiger partial charge in [-0.1, -0.05) is 18.2 Å². The predicted molar refractivity (Wildman–Crippen MR) is 116 cm³/mol. The van der Waals surface area contributed by atoms with E-state index in [9.17, 15) is 4.79 Å². The molecule has 1 aliphatic rings. The summed E-state index contributed by atoms with van der Waals surface area (Å²) in [4.78, 5) is 25.7. The molecule has 0 radical (unpaired) electrons. The summed E-state index contributed by atoms with van der Waals surface area (Å²) in [5, 5.41) is 1.20. The number of benzene rings is 1. The topological polar surface area (TPSA) is 58.6 Å². The molecule has 0 spiro atoms. The van der Waals surface area contributed by atoms with Crippen LogP contribution in [-0.4, -0.2) is 48.7 Å². The van der Waals surface area contributed by atoms with Gasteiger partial charge in [-0.3, -0.25) is 4.98 Å². The van der Waals surface area contributed by atoms with Gasteiger partial charge in [-0.25, -0.2) is 9.78 Å². The lowest BCUT2D eigenvalue weighted by Gasteiger charge is -2.25. The summed E-state index contributed by atoms with van der Waals surface area (Å²) in [5.41, 5.74) is 3.82. The predicted octanol–water partition coefficient (Wildman–Crippen LogP) is 3.83. The highest BCUT2D eigenvalue weighted by atomic mass is 16.5. The Labute approximate surface area is 171 Å².